The second-order valence-corrected chi connectivity index (χ2v) is 4.76. The highest BCUT2D eigenvalue weighted by Crippen LogP contribution is 2.16. The Morgan fingerprint density at radius 2 is 2.18 bits per heavy atom. The Morgan fingerprint density at radius 1 is 1.41 bits per heavy atom. The maximum Gasteiger partial charge on any atom is 0.0958 e. The molecule has 1 aromatic heterocycles. The number of nitrogens with zero attached hydrogens (tertiary/aromatic N) is 3. The minimum absolute atomic E-state index is 0.570. The van der Waals surface area contributed by atoms with Gasteiger partial charge in [-0.05, 0) is 39.1 Å². The highest BCUT2D eigenvalue weighted by atomic mass is 15.2. The Kier molecular flexibility index (Phi) is 3.33. The lowest BCUT2D eigenvalue weighted by atomic mass is 10.3. The fourth-order valence-corrected chi connectivity index (χ4v) is 1.78. The van der Waals surface area contributed by atoms with Gasteiger partial charge in [0.25, 0.3) is 0 Å². The van der Waals surface area contributed by atoms with Gasteiger partial charge in [-0.25, -0.2) is 4.98 Å². The van der Waals surface area contributed by atoms with Crippen LogP contribution < -0.4 is 5.73 Å². The van der Waals surface area contributed by atoms with Gasteiger partial charge in [0.05, 0.1) is 17.4 Å². The summed E-state index contributed by atoms with van der Waals surface area (Å²) in [5, 5.41) is 0. The van der Waals surface area contributed by atoms with E-state index in [1.807, 2.05) is 24.5 Å². The number of imidazole rings is 1. The van der Waals surface area contributed by atoms with Crippen LogP contribution in [-0.2, 0) is 6.54 Å². The molecule has 0 saturated carbocycles. The van der Waals surface area contributed by atoms with Gasteiger partial charge in [0.15, 0.2) is 0 Å². The third-order valence-corrected chi connectivity index (χ3v) is 3.22. The molecule has 0 atom stereocenters. The van der Waals surface area contributed by atoms with E-state index in [0.717, 1.165) is 29.8 Å². The lowest BCUT2D eigenvalue weighted by Crippen LogP contribution is -2.29. The van der Waals surface area contributed by atoms with Crippen LogP contribution in [0.2, 0.25) is 0 Å². The van der Waals surface area contributed by atoms with Gasteiger partial charge >= 0.3 is 0 Å². The van der Waals surface area contributed by atoms with E-state index in [9.17, 15) is 0 Å². The molecule has 0 amide bonds. The molecule has 4 heteroatoms. The number of hydrogen-bond acceptors (Lipinski definition) is 3. The summed E-state index contributed by atoms with van der Waals surface area (Å²) >= 11 is 0. The first-order valence-corrected chi connectivity index (χ1v) is 5.98. The van der Waals surface area contributed by atoms with Crippen molar-refractivity contribution in [3.8, 4) is 0 Å². The highest BCUT2D eigenvalue weighted by Gasteiger charge is 2.06. The lowest BCUT2D eigenvalue weighted by molar-refractivity contribution is 0.264. The van der Waals surface area contributed by atoms with Gasteiger partial charge in [0, 0.05) is 24.8 Å². The molecule has 0 aliphatic carbocycles. The Bertz CT molecular complexity index is 501. The summed E-state index contributed by atoms with van der Waals surface area (Å²) in [4.78, 5) is 6.69. The predicted molar refractivity (Wildman–Crippen MR) is 71.9 cm³/mol. The van der Waals surface area contributed by atoms with Gasteiger partial charge in [-0.15, -0.1) is 0 Å². The lowest BCUT2D eigenvalue weighted by Gasteiger charge is -2.21. The molecule has 1 aromatic carbocycles. The quantitative estimate of drug-likeness (QED) is 0.820. The summed E-state index contributed by atoms with van der Waals surface area (Å²) in [6.07, 6.45) is 1.89. The van der Waals surface area contributed by atoms with Crippen molar-refractivity contribution >= 4 is 16.7 Å². The van der Waals surface area contributed by atoms with Crippen LogP contribution in [0.15, 0.2) is 24.5 Å². The summed E-state index contributed by atoms with van der Waals surface area (Å²) in [6, 6.07) is 6.44. The molecule has 0 fully saturated rings. The Hall–Kier alpha value is -1.55. The second-order valence-electron chi connectivity index (χ2n) is 4.76. The molecular formula is C13H20N4. The highest BCUT2D eigenvalue weighted by molar-refractivity contribution is 5.78. The fourth-order valence-electron chi connectivity index (χ4n) is 1.78. The van der Waals surface area contributed by atoms with E-state index in [2.05, 4.69) is 35.3 Å². The van der Waals surface area contributed by atoms with Gasteiger partial charge < -0.3 is 15.2 Å². The van der Waals surface area contributed by atoms with Crippen molar-refractivity contribution in [1.29, 1.82) is 0 Å². The molecule has 2 aromatic rings. The summed E-state index contributed by atoms with van der Waals surface area (Å²) in [5.41, 5.74) is 8.62. The zero-order valence-electron chi connectivity index (χ0n) is 10.7. The number of nitrogens with two attached hydrogens (primary N) is 1. The third-order valence-electron chi connectivity index (χ3n) is 3.22. The first-order chi connectivity index (χ1) is 8.08. The topological polar surface area (TPSA) is 47.1 Å². The van der Waals surface area contributed by atoms with Crippen LogP contribution in [0.1, 0.15) is 13.8 Å². The van der Waals surface area contributed by atoms with Crippen LogP contribution in [0.25, 0.3) is 11.0 Å². The zero-order valence-corrected chi connectivity index (χ0v) is 10.7. The largest absolute Gasteiger partial charge is 0.399 e. The van der Waals surface area contributed by atoms with E-state index < -0.39 is 0 Å². The summed E-state index contributed by atoms with van der Waals surface area (Å²) in [6.45, 7) is 6.38. The molecule has 2 rings (SSSR count). The third kappa shape index (κ3) is 2.58. The van der Waals surface area contributed by atoms with E-state index in [0.29, 0.717) is 6.04 Å². The summed E-state index contributed by atoms with van der Waals surface area (Å²) in [5.74, 6) is 0. The first-order valence-electron chi connectivity index (χ1n) is 5.98. The molecule has 0 aliphatic heterocycles. The minimum atomic E-state index is 0.570. The smallest absolute Gasteiger partial charge is 0.0958 e. The molecule has 0 aliphatic rings. The number of hydrogen-bond donors (Lipinski definition) is 1. The Morgan fingerprint density at radius 3 is 2.88 bits per heavy atom. The van der Waals surface area contributed by atoms with E-state index >= 15 is 0 Å². The number of rotatable bonds is 4. The van der Waals surface area contributed by atoms with E-state index in [-0.39, 0.29) is 0 Å². The summed E-state index contributed by atoms with van der Waals surface area (Å²) < 4.78 is 2.17. The second kappa shape index (κ2) is 4.75. The van der Waals surface area contributed by atoms with E-state index in [1.165, 1.54) is 0 Å². The van der Waals surface area contributed by atoms with Crippen LogP contribution in [0.3, 0.4) is 0 Å². The number of benzene rings is 1. The van der Waals surface area contributed by atoms with Crippen LogP contribution in [0, 0.1) is 0 Å². The van der Waals surface area contributed by atoms with Crippen LogP contribution in [0.4, 0.5) is 5.69 Å². The summed E-state index contributed by atoms with van der Waals surface area (Å²) in [7, 11) is 2.14. The maximum absolute atomic E-state index is 5.74. The van der Waals surface area contributed by atoms with Gasteiger partial charge in [-0.2, -0.15) is 0 Å². The Labute approximate surface area is 102 Å². The molecule has 17 heavy (non-hydrogen) atoms. The average molecular weight is 232 g/mol. The van der Waals surface area contributed by atoms with E-state index in [4.69, 9.17) is 5.73 Å². The molecular weight excluding hydrogens is 212 g/mol. The molecule has 0 saturated heterocycles. The molecule has 92 valence electrons. The van der Waals surface area contributed by atoms with Crippen LogP contribution in [-0.4, -0.2) is 34.1 Å². The standard InChI is InChI=1S/C13H20N4/c1-10(2)16(3)6-7-17-9-15-12-8-11(14)4-5-13(12)17/h4-5,8-10H,6-7,14H2,1-3H3. The number of anilines is 1. The molecule has 1 heterocycles. The van der Waals surface area contributed by atoms with Gasteiger partial charge in [-0.1, -0.05) is 0 Å². The minimum Gasteiger partial charge on any atom is -0.399 e. The number of aromatic nitrogens is 2. The first kappa shape index (κ1) is 11.9. The van der Waals surface area contributed by atoms with Crippen molar-refractivity contribution in [1.82, 2.24) is 14.5 Å². The Balaban J connectivity index is 2.14. The SMILES string of the molecule is CC(C)N(C)CCn1cnc2cc(N)ccc21. The van der Waals surface area contributed by atoms with Crippen molar-refractivity contribution in [2.24, 2.45) is 0 Å². The van der Waals surface area contributed by atoms with E-state index in [1.54, 1.807) is 0 Å². The van der Waals surface area contributed by atoms with Gasteiger partial charge in [0.2, 0.25) is 0 Å². The molecule has 0 spiro atoms. The van der Waals surface area contributed by atoms with Gasteiger partial charge in [-0.3, -0.25) is 0 Å². The molecule has 0 unspecified atom stereocenters. The average Bonchev–Trinajstić information content (AvgIpc) is 2.67. The van der Waals surface area contributed by atoms with Crippen molar-refractivity contribution in [3.63, 3.8) is 0 Å². The number of likely N-dealkylation sites (N-methyl/N-ethyl adjacent to an activating group) is 1. The molecule has 4 nitrogen and oxygen atoms in total. The van der Waals surface area contributed by atoms with Crippen molar-refractivity contribution in [2.75, 3.05) is 19.3 Å². The zero-order chi connectivity index (χ0) is 12.4. The predicted octanol–water partition coefficient (Wildman–Crippen LogP) is 1.96. The molecule has 2 N–H and O–H groups in total. The monoisotopic (exact) mass is 232 g/mol. The number of nitrogen functional groups attached to an aromatic ring is 1. The van der Waals surface area contributed by atoms with Gasteiger partial charge in [0.1, 0.15) is 0 Å². The van der Waals surface area contributed by atoms with Crippen molar-refractivity contribution < 1.29 is 0 Å². The van der Waals surface area contributed by atoms with Crippen LogP contribution in [0.5, 0.6) is 0 Å². The fraction of sp³-hybridized carbons (Fsp3) is 0.462. The molecule has 0 bridgehead atoms. The molecule has 0 radical (unpaired) electrons. The van der Waals surface area contributed by atoms with Crippen LogP contribution >= 0.6 is 0 Å². The van der Waals surface area contributed by atoms with Crippen molar-refractivity contribution in [2.45, 2.75) is 26.4 Å². The van der Waals surface area contributed by atoms with Crippen molar-refractivity contribution in [3.05, 3.63) is 24.5 Å². The maximum atomic E-state index is 5.74. The normalized spacial score (nSPS) is 11.8. The number of fused-ring (bicyclic) bond motifs is 1.